The lowest BCUT2D eigenvalue weighted by Crippen LogP contribution is -2.33. The number of hydrogen-bond donors (Lipinski definition) is 0. The second kappa shape index (κ2) is 15.2. The number of esters is 1. The van der Waals surface area contributed by atoms with E-state index < -0.39 is 5.97 Å². The molecule has 0 radical (unpaired) electrons. The summed E-state index contributed by atoms with van der Waals surface area (Å²) in [6, 6.07) is 8.08. The third-order valence-corrected chi connectivity index (χ3v) is 6.22. The Balaban J connectivity index is 1.87. The predicted molar refractivity (Wildman–Crippen MR) is 167 cm³/mol. The van der Waals surface area contributed by atoms with Crippen LogP contribution in [0.5, 0.6) is 0 Å². The lowest BCUT2D eigenvalue weighted by molar-refractivity contribution is -0.140. The van der Waals surface area contributed by atoms with Gasteiger partial charge in [0.1, 0.15) is 6.61 Å². The SMILES string of the molecule is C=CC/N=C1/O/C(=C/c2ccc(N(C3=CC(C)CC=C3)C(/C=C\C=C/C)=C/C)cc2)C(=O)N1CCOC(=O)C(=C)C. The van der Waals surface area contributed by atoms with Crippen LogP contribution in [0, 0.1) is 5.92 Å². The zero-order chi connectivity index (χ0) is 29.8. The molecular formula is C34H39N3O4. The Hall–Kier alpha value is -4.65. The number of benzene rings is 1. The van der Waals surface area contributed by atoms with Crippen molar-refractivity contribution < 1.29 is 19.1 Å². The molecule has 0 saturated carbocycles. The third kappa shape index (κ3) is 8.42. The molecule has 1 fully saturated rings. The maximum atomic E-state index is 13.2. The Labute approximate surface area is 243 Å². The van der Waals surface area contributed by atoms with Crippen LogP contribution in [0.4, 0.5) is 5.69 Å². The zero-order valence-electron chi connectivity index (χ0n) is 24.4. The number of allylic oxidation sites excluding steroid dienone is 8. The maximum Gasteiger partial charge on any atom is 0.333 e. The molecule has 2 aliphatic rings. The first-order chi connectivity index (χ1) is 19.8. The first-order valence-corrected chi connectivity index (χ1v) is 13.7. The Bertz CT molecular complexity index is 1360. The number of carbonyl (C=O) groups excluding carboxylic acids is 2. The average Bonchev–Trinajstić information content (AvgIpc) is 3.25. The van der Waals surface area contributed by atoms with Crippen molar-refractivity contribution in [2.24, 2.45) is 10.9 Å². The summed E-state index contributed by atoms with van der Waals surface area (Å²) in [5.41, 5.74) is 4.22. The monoisotopic (exact) mass is 553 g/mol. The minimum Gasteiger partial charge on any atom is -0.460 e. The number of hydrogen-bond acceptors (Lipinski definition) is 6. The van der Waals surface area contributed by atoms with Crippen LogP contribution in [0.25, 0.3) is 6.08 Å². The van der Waals surface area contributed by atoms with Gasteiger partial charge in [-0.3, -0.25) is 9.69 Å². The molecule has 1 aromatic rings. The van der Waals surface area contributed by atoms with Crippen LogP contribution in [0.15, 0.2) is 120 Å². The molecule has 3 rings (SSSR count). The van der Waals surface area contributed by atoms with Crippen molar-refractivity contribution in [2.45, 2.75) is 34.1 Å². The standard InChI is InChI=1S/C34H39N3O4/c1-7-10-11-14-28(9-3)37(30-15-12-13-26(6)23-30)29-18-16-27(17-19-29)24-31-32(38)36(34(41-31)35-20-8-2)21-22-40-33(39)25(4)5/h7-12,14-19,23-24,26H,2,4,13,20-22H2,1,3,5-6H3/b10-7-,14-11-,28-9+,31-24+,35-34+. The van der Waals surface area contributed by atoms with Crippen molar-refractivity contribution in [3.8, 4) is 0 Å². The summed E-state index contributed by atoms with van der Waals surface area (Å²) in [5.74, 6) is -0.297. The van der Waals surface area contributed by atoms with Gasteiger partial charge in [-0.05, 0) is 69.0 Å². The lowest BCUT2D eigenvalue weighted by atomic mass is 10.00. The Morgan fingerprint density at radius 1 is 1.24 bits per heavy atom. The predicted octanol–water partition coefficient (Wildman–Crippen LogP) is 6.87. The van der Waals surface area contributed by atoms with Crippen molar-refractivity contribution >= 4 is 29.7 Å². The van der Waals surface area contributed by atoms with Crippen molar-refractivity contribution in [1.29, 1.82) is 0 Å². The van der Waals surface area contributed by atoms with Gasteiger partial charge in [-0.15, -0.1) is 6.58 Å². The van der Waals surface area contributed by atoms with Gasteiger partial charge in [-0.25, -0.2) is 9.79 Å². The summed E-state index contributed by atoms with van der Waals surface area (Å²) >= 11 is 0. The summed E-state index contributed by atoms with van der Waals surface area (Å²) in [5, 5.41) is 0. The van der Waals surface area contributed by atoms with E-state index >= 15 is 0 Å². The smallest absolute Gasteiger partial charge is 0.333 e. The van der Waals surface area contributed by atoms with Crippen LogP contribution in [0.3, 0.4) is 0 Å². The van der Waals surface area contributed by atoms with Gasteiger partial charge < -0.3 is 14.4 Å². The van der Waals surface area contributed by atoms with Crippen LogP contribution in [0.1, 0.15) is 39.7 Å². The quantitative estimate of drug-likeness (QED) is 0.122. The van der Waals surface area contributed by atoms with Crippen LogP contribution in [-0.4, -0.2) is 42.5 Å². The molecule has 1 unspecified atom stereocenters. The number of rotatable bonds is 12. The molecule has 41 heavy (non-hydrogen) atoms. The minimum atomic E-state index is -0.514. The fourth-order valence-corrected chi connectivity index (χ4v) is 4.17. The number of ether oxygens (including phenoxy) is 2. The van der Waals surface area contributed by atoms with Crippen LogP contribution >= 0.6 is 0 Å². The first kappa shape index (κ1) is 30.9. The van der Waals surface area contributed by atoms with E-state index in [2.05, 4.69) is 60.4 Å². The highest BCUT2D eigenvalue weighted by Crippen LogP contribution is 2.30. The third-order valence-electron chi connectivity index (χ3n) is 6.22. The molecule has 1 aliphatic heterocycles. The van der Waals surface area contributed by atoms with Gasteiger partial charge in [0.15, 0.2) is 5.76 Å². The Morgan fingerprint density at radius 3 is 2.63 bits per heavy atom. The molecule has 1 atom stereocenters. The van der Waals surface area contributed by atoms with Gasteiger partial charge in [-0.1, -0.05) is 68.2 Å². The van der Waals surface area contributed by atoms with E-state index in [0.29, 0.717) is 5.92 Å². The molecule has 1 aromatic carbocycles. The number of nitrogens with zero attached hydrogens (tertiary/aromatic N) is 3. The summed E-state index contributed by atoms with van der Waals surface area (Å²) in [4.78, 5) is 32.8. The lowest BCUT2D eigenvalue weighted by Gasteiger charge is -2.29. The second-order valence-corrected chi connectivity index (χ2v) is 9.63. The molecule has 0 spiro atoms. The van der Waals surface area contributed by atoms with E-state index in [1.807, 2.05) is 56.3 Å². The van der Waals surface area contributed by atoms with Crippen LogP contribution in [0.2, 0.25) is 0 Å². The van der Waals surface area contributed by atoms with E-state index in [9.17, 15) is 9.59 Å². The Morgan fingerprint density at radius 2 is 2.00 bits per heavy atom. The summed E-state index contributed by atoms with van der Waals surface area (Å²) in [7, 11) is 0. The zero-order valence-corrected chi connectivity index (χ0v) is 24.4. The highest BCUT2D eigenvalue weighted by atomic mass is 16.5. The van der Waals surface area contributed by atoms with Crippen LogP contribution < -0.4 is 4.90 Å². The molecule has 1 amide bonds. The second-order valence-electron chi connectivity index (χ2n) is 9.63. The molecule has 0 aromatic heterocycles. The molecule has 1 saturated heterocycles. The fraction of sp³-hybridized carbons (Fsp3) is 0.265. The number of carbonyl (C=O) groups is 2. The molecule has 214 valence electrons. The van der Waals surface area contributed by atoms with Gasteiger partial charge >= 0.3 is 12.0 Å². The summed E-state index contributed by atoms with van der Waals surface area (Å²) in [6.45, 7) is 15.4. The van der Waals surface area contributed by atoms with E-state index in [4.69, 9.17) is 9.47 Å². The topological polar surface area (TPSA) is 71.4 Å². The molecule has 1 heterocycles. The molecule has 1 aliphatic carbocycles. The number of aliphatic imine (C=N–C) groups is 1. The van der Waals surface area contributed by atoms with Gasteiger partial charge in [-0.2, -0.15) is 0 Å². The van der Waals surface area contributed by atoms with Crippen molar-refractivity contribution in [1.82, 2.24) is 4.90 Å². The minimum absolute atomic E-state index is 0.00952. The highest BCUT2D eigenvalue weighted by molar-refractivity contribution is 6.11. The molecule has 7 heteroatoms. The number of amidine groups is 1. The maximum absolute atomic E-state index is 13.2. The van der Waals surface area contributed by atoms with Gasteiger partial charge in [0, 0.05) is 22.7 Å². The number of amides is 1. The van der Waals surface area contributed by atoms with Crippen LogP contribution in [-0.2, 0) is 19.1 Å². The largest absolute Gasteiger partial charge is 0.460 e. The van der Waals surface area contributed by atoms with Gasteiger partial charge in [0.05, 0.1) is 13.1 Å². The molecule has 7 nitrogen and oxygen atoms in total. The fourth-order valence-electron chi connectivity index (χ4n) is 4.17. The summed E-state index contributed by atoms with van der Waals surface area (Å²) < 4.78 is 11.0. The van der Waals surface area contributed by atoms with E-state index in [1.165, 1.54) is 4.90 Å². The van der Waals surface area contributed by atoms with E-state index in [0.717, 1.165) is 29.1 Å². The highest BCUT2D eigenvalue weighted by Gasteiger charge is 2.34. The normalized spacial score (nSPS) is 19.3. The van der Waals surface area contributed by atoms with Gasteiger partial charge in [0.2, 0.25) is 0 Å². The molecule has 0 N–H and O–H groups in total. The Kier molecular flexibility index (Phi) is 11.5. The molecule has 0 bridgehead atoms. The van der Waals surface area contributed by atoms with Gasteiger partial charge in [0.25, 0.3) is 5.91 Å². The average molecular weight is 554 g/mol. The molecular weight excluding hydrogens is 514 g/mol. The van der Waals surface area contributed by atoms with E-state index in [-0.39, 0.29) is 43.0 Å². The number of anilines is 1. The van der Waals surface area contributed by atoms with Crippen molar-refractivity contribution in [2.75, 3.05) is 24.6 Å². The first-order valence-electron chi connectivity index (χ1n) is 13.7. The van der Waals surface area contributed by atoms with Crippen molar-refractivity contribution in [3.05, 3.63) is 120 Å². The van der Waals surface area contributed by atoms with Crippen molar-refractivity contribution in [3.63, 3.8) is 0 Å². The van der Waals surface area contributed by atoms with E-state index in [1.54, 1.807) is 19.1 Å². The summed E-state index contributed by atoms with van der Waals surface area (Å²) in [6.07, 6.45) is 21.1.